The average Bonchev–Trinajstić information content (AvgIpc) is 2.83. The summed E-state index contributed by atoms with van der Waals surface area (Å²) >= 11 is 0. The van der Waals surface area contributed by atoms with Crippen LogP contribution >= 0.6 is 0 Å². The van der Waals surface area contributed by atoms with Gasteiger partial charge >= 0.3 is 20.4 Å². The Morgan fingerprint density at radius 1 is 0.710 bits per heavy atom. The summed E-state index contributed by atoms with van der Waals surface area (Å²) in [5.41, 5.74) is 5.66. The minimum absolute atomic E-state index is 0. The van der Waals surface area contributed by atoms with E-state index in [1.807, 2.05) is 85.1 Å². The molecule has 5 rings (SSSR count). The Labute approximate surface area is 196 Å². The Morgan fingerprint density at radius 2 is 1.55 bits per heavy atom. The molecule has 0 atom stereocenters. The first-order chi connectivity index (χ1) is 14.9. The molecule has 3 heteroatoms. The van der Waals surface area contributed by atoms with Crippen molar-refractivity contribution >= 4 is 22.7 Å². The summed E-state index contributed by atoms with van der Waals surface area (Å²) in [6, 6.07) is 41.0. The van der Waals surface area contributed by atoms with Crippen molar-refractivity contribution in [2.75, 3.05) is 0 Å². The monoisotopic (exact) mass is 488 g/mol. The second-order valence-electron chi connectivity index (χ2n) is 6.94. The van der Waals surface area contributed by atoms with Crippen LogP contribution in [0.15, 0.2) is 108 Å². The van der Waals surface area contributed by atoms with E-state index in [-0.39, 0.29) is 20.4 Å². The Hall–Kier alpha value is -3.38. The zero-order chi connectivity index (χ0) is 20.2. The van der Waals surface area contributed by atoms with Gasteiger partial charge in [-0.15, -0.1) is 65.0 Å². The van der Waals surface area contributed by atoms with Gasteiger partial charge in [-0.2, -0.15) is 0 Å². The van der Waals surface area contributed by atoms with Crippen LogP contribution in [0.2, 0.25) is 0 Å². The maximum Gasteiger partial charge on any atom is 2.00 e. The second kappa shape index (κ2) is 9.62. The van der Waals surface area contributed by atoms with Gasteiger partial charge in [0.15, 0.2) is 0 Å². The molecule has 0 aliphatic heterocycles. The van der Waals surface area contributed by atoms with Crippen molar-refractivity contribution in [3.05, 3.63) is 121 Å². The maximum atomic E-state index is 4.82. The van der Waals surface area contributed by atoms with Gasteiger partial charge < -0.3 is 0 Å². The molecule has 0 saturated carbocycles. The van der Waals surface area contributed by atoms with Gasteiger partial charge in [0.25, 0.3) is 0 Å². The number of nitrogens with zero attached hydrogens (tertiary/aromatic N) is 2. The number of rotatable bonds is 4. The second-order valence-corrected chi connectivity index (χ2v) is 6.94. The van der Waals surface area contributed by atoms with E-state index in [0.29, 0.717) is 0 Å². The third-order valence-corrected chi connectivity index (χ3v) is 4.99. The van der Waals surface area contributed by atoms with Gasteiger partial charge in [-0.25, -0.2) is 0 Å². The van der Waals surface area contributed by atoms with Gasteiger partial charge in [-0.3, -0.25) is 9.98 Å². The fourth-order valence-electron chi connectivity index (χ4n) is 3.55. The quantitative estimate of drug-likeness (QED) is 0.153. The predicted octanol–water partition coefficient (Wildman–Crippen LogP) is 6.92. The van der Waals surface area contributed by atoms with Crippen LogP contribution in [-0.2, 0) is 20.4 Å². The van der Waals surface area contributed by atoms with Gasteiger partial charge in [0.1, 0.15) is 0 Å². The first-order valence-corrected chi connectivity index (χ1v) is 9.85. The molecule has 0 saturated heterocycles. The minimum Gasteiger partial charge on any atom is -0.295 e. The number of hydrogen-bond donors (Lipinski definition) is 0. The van der Waals surface area contributed by atoms with Crippen LogP contribution in [0.3, 0.4) is 0 Å². The normalized spacial score (nSPS) is 10.8. The molecule has 0 bridgehead atoms. The molecule has 0 fully saturated rings. The molecule has 1 heterocycles. The van der Waals surface area contributed by atoms with Gasteiger partial charge in [-0.1, -0.05) is 65.5 Å². The summed E-state index contributed by atoms with van der Waals surface area (Å²) in [5.74, 6) is 0. The smallest absolute Gasteiger partial charge is 0.295 e. The number of para-hydroxylation sites is 1. The van der Waals surface area contributed by atoms with Gasteiger partial charge in [0, 0.05) is 5.69 Å². The third-order valence-electron chi connectivity index (χ3n) is 4.99. The van der Waals surface area contributed by atoms with E-state index in [1.54, 1.807) is 0 Å². The number of benzene rings is 4. The Balaban J connectivity index is 0.00000231. The third kappa shape index (κ3) is 4.54. The zero-order valence-corrected chi connectivity index (χ0v) is 18.2. The zero-order valence-electron chi connectivity index (χ0n) is 16.6. The topological polar surface area (TPSA) is 25.2 Å². The summed E-state index contributed by atoms with van der Waals surface area (Å²) in [5, 5.41) is 2.33. The molecule has 0 aliphatic carbocycles. The summed E-state index contributed by atoms with van der Waals surface area (Å²) in [6.07, 6.45) is 1.82. The first-order valence-electron chi connectivity index (χ1n) is 9.85. The molecule has 0 amide bonds. The summed E-state index contributed by atoms with van der Waals surface area (Å²) in [4.78, 5) is 9.55. The molecule has 0 radical (unpaired) electrons. The van der Waals surface area contributed by atoms with Crippen LogP contribution in [0.25, 0.3) is 33.2 Å². The van der Waals surface area contributed by atoms with Crippen LogP contribution in [0.1, 0.15) is 5.69 Å². The average molecular weight is 489 g/mol. The first kappa shape index (κ1) is 20.9. The van der Waals surface area contributed by atoms with E-state index in [4.69, 9.17) is 9.98 Å². The molecule has 0 aliphatic rings. The van der Waals surface area contributed by atoms with Crippen molar-refractivity contribution in [1.82, 2.24) is 4.98 Å². The number of aliphatic imine (C=N–C) groups is 1. The largest absolute Gasteiger partial charge is 2.00 e. The molecular weight excluding hydrogens is 471 g/mol. The number of fused-ring (bicyclic) bond motifs is 1. The van der Waals surface area contributed by atoms with E-state index in [1.165, 1.54) is 5.39 Å². The Morgan fingerprint density at radius 3 is 2.45 bits per heavy atom. The van der Waals surface area contributed by atoms with Crippen LogP contribution in [-0.4, -0.2) is 11.2 Å². The van der Waals surface area contributed by atoms with Gasteiger partial charge in [0.05, 0.1) is 11.9 Å². The molecule has 2 nitrogen and oxygen atoms in total. The van der Waals surface area contributed by atoms with E-state index in [2.05, 4.69) is 36.4 Å². The van der Waals surface area contributed by atoms with Crippen molar-refractivity contribution in [3.63, 3.8) is 0 Å². The van der Waals surface area contributed by atoms with Crippen molar-refractivity contribution in [3.8, 4) is 22.4 Å². The van der Waals surface area contributed by atoms with E-state index >= 15 is 0 Å². The molecule has 1 aromatic heterocycles. The molecule has 31 heavy (non-hydrogen) atoms. The molecular formula is C28H18N2Pd. The van der Waals surface area contributed by atoms with Crippen molar-refractivity contribution < 1.29 is 20.4 Å². The Kier molecular flexibility index (Phi) is 6.48. The standard InChI is InChI=1S/C28H18N2.Pd/c1-2-10-22(11-3-1)25-16-6-7-18-27(25)29-20-23-14-9-19-28(30-23)26-17-8-13-21-12-4-5-15-24(21)26;/h1-10,12-16,18-20H;/q-2;+2. The number of hydrogen-bond acceptors (Lipinski definition) is 2. The Bertz CT molecular complexity index is 1340. The molecule has 4 aromatic carbocycles. The maximum absolute atomic E-state index is 4.82. The van der Waals surface area contributed by atoms with Crippen LogP contribution in [0.5, 0.6) is 0 Å². The fourth-order valence-corrected chi connectivity index (χ4v) is 3.55. The van der Waals surface area contributed by atoms with Crippen LogP contribution in [0, 0.1) is 12.1 Å². The van der Waals surface area contributed by atoms with Crippen molar-refractivity contribution in [2.45, 2.75) is 0 Å². The van der Waals surface area contributed by atoms with Gasteiger partial charge in [0.2, 0.25) is 0 Å². The number of pyridine rings is 1. The van der Waals surface area contributed by atoms with E-state index < -0.39 is 0 Å². The minimum atomic E-state index is 0. The van der Waals surface area contributed by atoms with Crippen LogP contribution in [0.4, 0.5) is 5.69 Å². The van der Waals surface area contributed by atoms with Crippen molar-refractivity contribution in [1.29, 1.82) is 0 Å². The summed E-state index contributed by atoms with van der Waals surface area (Å²) in [7, 11) is 0. The number of aromatic nitrogens is 1. The summed E-state index contributed by atoms with van der Waals surface area (Å²) in [6.45, 7) is 0. The molecule has 0 N–H and O–H groups in total. The molecule has 0 spiro atoms. The van der Waals surface area contributed by atoms with E-state index in [9.17, 15) is 0 Å². The van der Waals surface area contributed by atoms with Crippen LogP contribution < -0.4 is 0 Å². The summed E-state index contributed by atoms with van der Waals surface area (Å²) < 4.78 is 0. The SMILES string of the molecule is [Pd+2].[c-]1ccccc1-c1ccccc1N=Cc1cccc(-c2[c-]ccc3ccccc23)n1. The van der Waals surface area contributed by atoms with E-state index in [0.717, 1.165) is 39.2 Å². The molecule has 0 unspecified atom stereocenters. The van der Waals surface area contributed by atoms with Gasteiger partial charge in [-0.05, 0) is 17.8 Å². The molecule has 5 aromatic rings. The van der Waals surface area contributed by atoms with Crippen molar-refractivity contribution in [2.24, 2.45) is 4.99 Å². The molecule has 150 valence electrons. The predicted molar refractivity (Wildman–Crippen MR) is 124 cm³/mol. The fraction of sp³-hybridized carbons (Fsp3) is 0.